The average molecular weight is 407 g/mol. The molecule has 0 atom stereocenters. The van der Waals surface area contributed by atoms with E-state index in [-0.39, 0.29) is 10.8 Å². The van der Waals surface area contributed by atoms with Crippen molar-refractivity contribution in [3.63, 3.8) is 0 Å². The van der Waals surface area contributed by atoms with Crippen LogP contribution in [0.15, 0.2) is 53.4 Å². The van der Waals surface area contributed by atoms with Crippen molar-refractivity contribution in [1.82, 2.24) is 9.62 Å². The third-order valence-electron chi connectivity index (χ3n) is 4.68. The lowest BCUT2D eigenvalue weighted by Crippen LogP contribution is -2.35. The summed E-state index contributed by atoms with van der Waals surface area (Å²) in [5.74, 6) is -0.217. The van der Waals surface area contributed by atoms with Gasteiger partial charge in [0, 0.05) is 30.2 Å². The highest BCUT2D eigenvalue weighted by Gasteiger charge is 2.25. The van der Waals surface area contributed by atoms with Crippen LogP contribution in [0.2, 0.25) is 5.02 Å². The summed E-state index contributed by atoms with van der Waals surface area (Å²) in [5.41, 5.74) is 1.53. The van der Waals surface area contributed by atoms with Gasteiger partial charge in [-0.05, 0) is 61.2 Å². The molecule has 0 unspecified atom stereocenters. The van der Waals surface area contributed by atoms with Gasteiger partial charge in [0.15, 0.2) is 0 Å². The first-order valence-corrected chi connectivity index (χ1v) is 10.9. The molecule has 1 aliphatic heterocycles. The van der Waals surface area contributed by atoms with Crippen LogP contribution in [-0.2, 0) is 16.4 Å². The summed E-state index contributed by atoms with van der Waals surface area (Å²) < 4.78 is 26.8. The van der Waals surface area contributed by atoms with Crippen molar-refractivity contribution in [2.45, 2.75) is 30.6 Å². The number of hydrogen-bond donors (Lipinski definition) is 1. The van der Waals surface area contributed by atoms with E-state index in [2.05, 4.69) is 5.32 Å². The number of halogens is 1. The van der Waals surface area contributed by atoms with E-state index in [1.807, 2.05) is 24.3 Å². The predicted octanol–water partition coefficient (Wildman–Crippen LogP) is 3.49. The van der Waals surface area contributed by atoms with Crippen molar-refractivity contribution in [3.05, 3.63) is 64.7 Å². The number of nitrogens with zero attached hydrogens (tertiary/aromatic N) is 1. The highest BCUT2D eigenvalue weighted by molar-refractivity contribution is 7.89. The van der Waals surface area contributed by atoms with Crippen molar-refractivity contribution in [2.24, 2.45) is 0 Å². The van der Waals surface area contributed by atoms with Gasteiger partial charge < -0.3 is 5.32 Å². The Bertz CT molecular complexity index is 874. The van der Waals surface area contributed by atoms with E-state index in [0.717, 1.165) is 24.8 Å². The number of nitrogens with one attached hydrogen (secondary N) is 1. The number of piperidine rings is 1. The molecule has 0 radical (unpaired) electrons. The number of sulfonamides is 1. The Morgan fingerprint density at radius 3 is 2.22 bits per heavy atom. The second-order valence-corrected chi connectivity index (χ2v) is 9.00. The summed E-state index contributed by atoms with van der Waals surface area (Å²) in [4.78, 5) is 12.5. The number of benzene rings is 2. The fourth-order valence-electron chi connectivity index (χ4n) is 3.11. The van der Waals surface area contributed by atoms with Crippen LogP contribution in [0.25, 0.3) is 0 Å². The highest BCUT2D eigenvalue weighted by atomic mass is 35.5. The molecule has 1 saturated heterocycles. The minimum atomic E-state index is -3.47. The molecule has 1 heterocycles. The highest BCUT2D eigenvalue weighted by Crippen LogP contribution is 2.20. The predicted molar refractivity (Wildman–Crippen MR) is 107 cm³/mol. The standard InChI is InChI=1S/C20H23ClN2O3S/c21-18-8-4-16(5-9-18)12-13-22-20(24)17-6-10-19(11-7-17)27(25,26)23-14-2-1-3-15-23/h4-11H,1-3,12-15H2,(H,22,24). The van der Waals surface area contributed by atoms with Crippen molar-refractivity contribution in [3.8, 4) is 0 Å². The normalized spacial score (nSPS) is 15.4. The molecule has 1 aliphatic rings. The van der Waals surface area contributed by atoms with Gasteiger partial charge >= 0.3 is 0 Å². The zero-order valence-corrected chi connectivity index (χ0v) is 16.6. The van der Waals surface area contributed by atoms with Crippen LogP contribution in [0.1, 0.15) is 35.2 Å². The fourth-order valence-corrected chi connectivity index (χ4v) is 4.75. The van der Waals surface area contributed by atoms with Crippen LogP contribution in [0.3, 0.4) is 0 Å². The summed E-state index contributed by atoms with van der Waals surface area (Å²) in [6, 6.07) is 13.6. The molecule has 3 rings (SSSR count). The van der Waals surface area contributed by atoms with Gasteiger partial charge in [-0.1, -0.05) is 30.2 Å². The second kappa shape index (κ2) is 8.87. The third-order valence-corrected chi connectivity index (χ3v) is 6.85. The lowest BCUT2D eigenvalue weighted by molar-refractivity contribution is 0.0954. The Morgan fingerprint density at radius 1 is 0.963 bits per heavy atom. The number of carbonyl (C=O) groups is 1. The van der Waals surface area contributed by atoms with E-state index < -0.39 is 10.0 Å². The van der Waals surface area contributed by atoms with Crippen LogP contribution in [-0.4, -0.2) is 38.3 Å². The lowest BCUT2D eigenvalue weighted by atomic mass is 10.1. The minimum absolute atomic E-state index is 0.217. The summed E-state index contributed by atoms with van der Waals surface area (Å²) in [5, 5.41) is 3.53. The molecule has 0 aromatic heterocycles. The summed E-state index contributed by atoms with van der Waals surface area (Å²) >= 11 is 5.85. The van der Waals surface area contributed by atoms with Crippen LogP contribution in [0, 0.1) is 0 Å². The van der Waals surface area contributed by atoms with E-state index in [4.69, 9.17) is 11.6 Å². The smallest absolute Gasteiger partial charge is 0.251 e. The Balaban J connectivity index is 1.57. The van der Waals surface area contributed by atoms with Gasteiger partial charge in [-0.3, -0.25) is 4.79 Å². The molecule has 0 spiro atoms. The van der Waals surface area contributed by atoms with Crippen LogP contribution >= 0.6 is 11.6 Å². The summed E-state index contributed by atoms with van der Waals surface area (Å²) in [6.45, 7) is 1.62. The van der Waals surface area contributed by atoms with E-state index in [1.54, 1.807) is 12.1 Å². The van der Waals surface area contributed by atoms with Gasteiger partial charge in [0.2, 0.25) is 10.0 Å². The molecule has 0 aliphatic carbocycles. The van der Waals surface area contributed by atoms with Gasteiger partial charge in [-0.15, -0.1) is 0 Å². The van der Waals surface area contributed by atoms with Gasteiger partial charge in [-0.25, -0.2) is 8.42 Å². The SMILES string of the molecule is O=C(NCCc1ccc(Cl)cc1)c1ccc(S(=O)(=O)N2CCCCC2)cc1. The molecule has 144 valence electrons. The van der Waals surface area contributed by atoms with Crippen molar-refractivity contribution in [1.29, 1.82) is 0 Å². The molecule has 0 saturated carbocycles. The first-order chi connectivity index (χ1) is 13.0. The Labute approximate surface area is 165 Å². The lowest BCUT2D eigenvalue weighted by Gasteiger charge is -2.25. The summed E-state index contributed by atoms with van der Waals surface area (Å²) in [6.07, 6.45) is 3.56. The van der Waals surface area contributed by atoms with E-state index in [0.29, 0.717) is 36.6 Å². The zero-order chi connectivity index (χ0) is 19.3. The summed E-state index contributed by atoms with van der Waals surface area (Å²) in [7, 11) is -3.47. The monoisotopic (exact) mass is 406 g/mol. The number of rotatable bonds is 6. The number of hydrogen-bond acceptors (Lipinski definition) is 3. The number of amides is 1. The van der Waals surface area contributed by atoms with Crippen LogP contribution in [0.4, 0.5) is 0 Å². The first-order valence-electron chi connectivity index (χ1n) is 9.10. The minimum Gasteiger partial charge on any atom is -0.352 e. The van der Waals surface area contributed by atoms with Crippen LogP contribution < -0.4 is 5.32 Å². The fraction of sp³-hybridized carbons (Fsp3) is 0.350. The molecular formula is C20H23ClN2O3S. The largest absolute Gasteiger partial charge is 0.352 e. The van der Waals surface area contributed by atoms with Crippen LogP contribution in [0.5, 0.6) is 0 Å². The Hall–Kier alpha value is -1.89. The molecule has 1 N–H and O–H groups in total. The molecule has 1 amide bonds. The molecule has 0 bridgehead atoms. The van der Waals surface area contributed by atoms with Crippen molar-refractivity contribution < 1.29 is 13.2 Å². The topological polar surface area (TPSA) is 66.5 Å². The molecule has 5 nitrogen and oxygen atoms in total. The Morgan fingerprint density at radius 2 is 1.59 bits per heavy atom. The maximum Gasteiger partial charge on any atom is 0.251 e. The second-order valence-electron chi connectivity index (χ2n) is 6.62. The van der Waals surface area contributed by atoms with Gasteiger partial charge in [-0.2, -0.15) is 4.31 Å². The third kappa shape index (κ3) is 5.09. The zero-order valence-electron chi connectivity index (χ0n) is 15.0. The van der Waals surface area contributed by atoms with Crippen molar-refractivity contribution in [2.75, 3.05) is 19.6 Å². The molecule has 2 aromatic rings. The average Bonchev–Trinajstić information content (AvgIpc) is 2.70. The first kappa shape index (κ1) is 19.9. The van der Waals surface area contributed by atoms with Gasteiger partial charge in [0.25, 0.3) is 5.91 Å². The van der Waals surface area contributed by atoms with Gasteiger partial charge in [0.1, 0.15) is 0 Å². The molecular weight excluding hydrogens is 384 g/mol. The maximum atomic E-state index is 12.6. The van der Waals surface area contributed by atoms with E-state index >= 15 is 0 Å². The molecule has 27 heavy (non-hydrogen) atoms. The molecule has 1 fully saturated rings. The van der Waals surface area contributed by atoms with Gasteiger partial charge in [0.05, 0.1) is 4.90 Å². The van der Waals surface area contributed by atoms with E-state index in [9.17, 15) is 13.2 Å². The number of carbonyl (C=O) groups excluding carboxylic acids is 1. The Kier molecular flexibility index (Phi) is 6.52. The van der Waals surface area contributed by atoms with E-state index in [1.165, 1.54) is 16.4 Å². The maximum absolute atomic E-state index is 12.6. The molecule has 7 heteroatoms. The quantitative estimate of drug-likeness (QED) is 0.798. The van der Waals surface area contributed by atoms with Crippen molar-refractivity contribution >= 4 is 27.5 Å². The molecule has 2 aromatic carbocycles.